The summed E-state index contributed by atoms with van der Waals surface area (Å²) in [5.41, 5.74) is 2.79. The van der Waals surface area contributed by atoms with Crippen molar-refractivity contribution < 1.29 is 4.74 Å². The lowest BCUT2D eigenvalue weighted by Crippen LogP contribution is -2.32. The molecule has 1 atom stereocenters. The van der Waals surface area contributed by atoms with Gasteiger partial charge in [0, 0.05) is 36.4 Å². The Morgan fingerprint density at radius 3 is 2.68 bits per heavy atom. The zero-order chi connectivity index (χ0) is 16.4. The summed E-state index contributed by atoms with van der Waals surface area (Å²) in [6, 6.07) is 13.1. The van der Waals surface area contributed by atoms with Crippen molar-refractivity contribution in [3.63, 3.8) is 0 Å². The van der Waals surface area contributed by atoms with Crippen LogP contribution in [0.1, 0.15) is 29.0 Å². The van der Waals surface area contributed by atoms with Gasteiger partial charge in [-0.3, -0.25) is 4.90 Å². The van der Waals surface area contributed by atoms with Crippen LogP contribution in [0.25, 0.3) is 0 Å². The van der Waals surface area contributed by atoms with E-state index >= 15 is 0 Å². The normalized spacial score (nSPS) is 16.8. The number of hydrogen-bond donors (Lipinski definition) is 0. The minimum Gasteiger partial charge on any atom is -0.424 e. The van der Waals surface area contributed by atoms with Gasteiger partial charge >= 0.3 is 6.01 Å². The molecular weight excluding hydrogens is 354 g/mol. The fourth-order valence-electron chi connectivity index (χ4n) is 3.12. The summed E-state index contributed by atoms with van der Waals surface area (Å²) >= 11 is 1.89. The van der Waals surface area contributed by atoms with Gasteiger partial charge in [0.2, 0.25) is 0 Å². The number of benzene rings is 1. The molecule has 4 rings (SSSR count). The van der Waals surface area contributed by atoms with Crippen molar-refractivity contribution in [3.05, 3.63) is 70.2 Å². The number of fused-ring (bicyclic) bond motifs is 1. The summed E-state index contributed by atoms with van der Waals surface area (Å²) in [6.07, 6.45) is 4.50. The van der Waals surface area contributed by atoms with Gasteiger partial charge in [-0.25, -0.2) is 9.97 Å². The van der Waals surface area contributed by atoms with Gasteiger partial charge in [-0.2, -0.15) is 0 Å². The largest absolute Gasteiger partial charge is 0.424 e. The molecule has 130 valence electrons. The zero-order valence-corrected chi connectivity index (χ0v) is 15.6. The minimum atomic E-state index is 0. The summed E-state index contributed by atoms with van der Waals surface area (Å²) in [6.45, 7) is 4.37. The third-order valence-electron chi connectivity index (χ3n) is 4.46. The molecule has 1 aliphatic heterocycles. The molecule has 0 N–H and O–H groups in total. The third-order valence-corrected chi connectivity index (χ3v) is 5.46. The summed E-state index contributed by atoms with van der Waals surface area (Å²) in [7, 11) is 0. The first-order chi connectivity index (χ1) is 11.8. The third kappa shape index (κ3) is 4.00. The molecule has 1 unspecified atom stereocenters. The number of aromatic nitrogens is 2. The van der Waals surface area contributed by atoms with E-state index in [-0.39, 0.29) is 12.4 Å². The Bertz CT molecular complexity index is 807. The fourth-order valence-corrected chi connectivity index (χ4v) is 4.08. The standard InChI is InChI=1S/C19H19N3OS.ClH/c1-14-17-8-12-24-18(17)7-11-22(14)13-15-3-5-16(6-4-15)23-19-20-9-2-10-21-19;/h2-6,8-10,12,14H,7,11,13H2,1H3;1H. The summed E-state index contributed by atoms with van der Waals surface area (Å²) in [4.78, 5) is 12.2. The van der Waals surface area contributed by atoms with Crippen LogP contribution >= 0.6 is 23.7 Å². The Morgan fingerprint density at radius 1 is 1.16 bits per heavy atom. The van der Waals surface area contributed by atoms with Crippen LogP contribution < -0.4 is 4.74 Å². The van der Waals surface area contributed by atoms with Crippen molar-refractivity contribution in [2.24, 2.45) is 0 Å². The summed E-state index contributed by atoms with van der Waals surface area (Å²) in [5, 5.41) is 2.21. The lowest BCUT2D eigenvalue weighted by molar-refractivity contribution is 0.191. The quantitative estimate of drug-likeness (QED) is 0.653. The van der Waals surface area contributed by atoms with Crippen molar-refractivity contribution in [3.8, 4) is 11.8 Å². The second kappa shape index (κ2) is 7.95. The van der Waals surface area contributed by atoms with Crippen LogP contribution in [-0.4, -0.2) is 21.4 Å². The number of hydrogen-bond acceptors (Lipinski definition) is 5. The maximum Gasteiger partial charge on any atom is 0.321 e. The topological polar surface area (TPSA) is 38.2 Å². The van der Waals surface area contributed by atoms with Gasteiger partial charge in [0.25, 0.3) is 0 Å². The van der Waals surface area contributed by atoms with E-state index in [0.29, 0.717) is 12.1 Å². The van der Waals surface area contributed by atoms with Crippen LogP contribution in [0.2, 0.25) is 0 Å². The molecule has 3 heterocycles. The number of nitrogens with zero attached hydrogens (tertiary/aromatic N) is 3. The molecule has 0 saturated carbocycles. The van der Waals surface area contributed by atoms with Crippen molar-refractivity contribution in [1.29, 1.82) is 0 Å². The molecule has 0 radical (unpaired) electrons. The van der Waals surface area contributed by atoms with E-state index in [9.17, 15) is 0 Å². The molecule has 4 nitrogen and oxygen atoms in total. The van der Waals surface area contributed by atoms with Gasteiger partial charge < -0.3 is 4.74 Å². The van der Waals surface area contributed by atoms with E-state index in [2.05, 4.69) is 45.4 Å². The molecule has 2 aromatic heterocycles. The van der Waals surface area contributed by atoms with E-state index < -0.39 is 0 Å². The van der Waals surface area contributed by atoms with Crippen molar-refractivity contribution in [2.75, 3.05) is 6.54 Å². The monoisotopic (exact) mass is 373 g/mol. The van der Waals surface area contributed by atoms with Gasteiger partial charge in [0.1, 0.15) is 5.75 Å². The van der Waals surface area contributed by atoms with Crippen LogP contribution in [0, 0.1) is 0 Å². The van der Waals surface area contributed by atoms with Gasteiger partial charge in [-0.1, -0.05) is 12.1 Å². The van der Waals surface area contributed by atoms with Crippen molar-refractivity contribution >= 4 is 23.7 Å². The van der Waals surface area contributed by atoms with Crippen LogP contribution in [0.15, 0.2) is 54.2 Å². The molecule has 0 fully saturated rings. The van der Waals surface area contributed by atoms with Gasteiger partial charge in [0.05, 0.1) is 0 Å². The second-order valence-corrected chi connectivity index (χ2v) is 6.97. The highest BCUT2D eigenvalue weighted by atomic mass is 35.5. The number of ether oxygens (including phenoxy) is 1. The maximum absolute atomic E-state index is 5.65. The second-order valence-electron chi connectivity index (χ2n) is 5.97. The van der Waals surface area contributed by atoms with Crippen LogP contribution in [-0.2, 0) is 13.0 Å². The van der Waals surface area contributed by atoms with Crippen molar-refractivity contribution in [1.82, 2.24) is 14.9 Å². The average molecular weight is 374 g/mol. The Balaban J connectivity index is 0.00000182. The van der Waals surface area contributed by atoms with E-state index in [1.807, 2.05) is 23.5 Å². The Hall–Kier alpha value is -1.95. The minimum absolute atomic E-state index is 0. The fraction of sp³-hybridized carbons (Fsp3) is 0.263. The summed E-state index contributed by atoms with van der Waals surface area (Å²) in [5.74, 6) is 0.761. The molecule has 0 aliphatic carbocycles. The molecule has 6 heteroatoms. The first kappa shape index (κ1) is 17.9. The van der Waals surface area contributed by atoms with E-state index in [4.69, 9.17) is 4.74 Å². The van der Waals surface area contributed by atoms with E-state index in [0.717, 1.165) is 25.3 Å². The molecule has 0 spiro atoms. The Labute approximate surface area is 157 Å². The Kier molecular flexibility index (Phi) is 5.68. The first-order valence-electron chi connectivity index (χ1n) is 8.14. The molecule has 25 heavy (non-hydrogen) atoms. The highest BCUT2D eigenvalue weighted by Gasteiger charge is 2.24. The molecule has 3 aromatic rings. The van der Waals surface area contributed by atoms with Crippen molar-refractivity contribution in [2.45, 2.75) is 25.9 Å². The number of rotatable bonds is 4. The maximum atomic E-state index is 5.65. The van der Waals surface area contributed by atoms with E-state index in [1.165, 1.54) is 11.1 Å². The smallest absolute Gasteiger partial charge is 0.321 e. The predicted molar refractivity (Wildman–Crippen MR) is 103 cm³/mol. The molecule has 0 saturated heterocycles. The SMILES string of the molecule is CC1c2ccsc2CCN1Cc1ccc(Oc2ncccn2)cc1.Cl. The summed E-state index contributed by atoms with van der Waals surface area (Å²) < 4.78 is 5.65. The van der Waals surface area contributed by atoms with Crippen LogP contribution in [0.4, 0.5) is 0 Å². The van der Waals surface area contributed by atoms with Gasteiger partial charge in [-0.15, -0.1) is 23.7 Å². The van der Waals surface area contributed by atoms with Gasteiger partial charge in [0.15, 0.2) is 0 Å². The number of thiophene rings is 1. The Morgan fingerprint density at radius 2 is 1.92 bits per heavy atom. The zero-order valence-electron chi connectivity index (χ0n) is 14.0. The lowest BCUT2D eigenvalue weighted by Gasteiger charge is -2.33. The number of halogens is 1. The average Bonchev–Trinajstić information content (AvgIpc) is 3.10. The predicted octanol–water partition coefficient (Wildman–Crippen LogP) is 4.87. The van der Waals surface area contributed by atoms with E-state index in [1.54, 1.807) is 23.3 Å². The van der Waals surface area contributed by atoms with Crippen LogP contribution in [0.3, 0.4) is 0 Å². The molecule has 1 aromatic carbocycles. The highest BCUT2D eigenvalue weighted by Crippen LogP contribution is 2.33. The molecule has 0 bridgehead atoms. The van der Waals surface area contributed by atoms with Gasteiger partial charge in [-0.05, 0) is 54.1 Å². The molecule has 1 aliphatic rings. The first-order valence-corrected chi connectivity index (χ1v) is 9.02. The van der Waals surface area contributed by atoms with Crippen LogP contribution in [0.5, 0.6) is 11.8 Å². The molecular formula is C19H20ClN3OS. The highest BCUT2D eigenvalue weighted by molar-refractivity contribution is 7.10. The lowest BCUT2D eigenvalue weighted by atomic mass is 10.0. The molecule has 0 amide bonds.